The van der Waals surface area contributed by atoms with E-state index in [2.05, 4.69) is 0 Å². The van der Waals surface area contributed by atoms with E-state index in [-0.39, 0.29) is 18.2 Å². The zero-order chi connectivity index (χ0) is 20.0. The van der Waals surface area contributed by atoms with Gasteiger partial charge in [0.05, 0.1) is 23.1 Å². The summed E-state index contributed by atoms with van der Waals surface area (Å²) < 4.78 is 1.89. The van der Waals surface area contributed by atoms with Gasteiger partial charge in [0, 0.05) is 10.6 Å². The van der Waals surface area contributed by atoms with E-state index in [9.17, 15) is 9.59 Å². The second kappa shape index (κ2) is 6.87. The molecule has 1 fully saturated rings. The average Bonchev–Trinajstić information content (AvgIpc) is 3.26. The van der Waals surface area contributed by atoms with Gasteiger partial charge in [0.15, 0.2) is 0 Å². The predicted molar refractivity (Wildman–Crippen MR) is 113 cm³/mol. The quantitative estimate of drug-likeness (QED) is 0.460. The first-order valence-electron chi connectivity index (χ1n) is 9.28. The average molecular weight is 402 g/mol. The van der Waals surface area contributed by atoms with Gasteiger partial charge < -0.3 is 4.57 Å². The number of benzene rings is 3. The number of nitrogens with zero attached hydrogens (tertiary/aromatic N) is 3. The molecular formula is C23H16ClN3O2. The van der Waals surface area contributed by atoms with Crippen LogP contribution in [0, 0.1) is 0 Å². The molecule has 0 radical (unpaired) electrons. The van der Waals surface area contributed by atoms with Crippen molar-refractivity contribution in [2.24, 2.45) is 0 Å². The van der Waals surface area contributed by atoms with Gasteiger partial charge >= 0.3 is 0 Å². The Balaban J connectivity index is 1.65. The molecule has 1 saturated heterocycles. The van der Waals surface area contributed by atoms with Crippen molar-refractivity contribution >= 4 is 40.1 Å². The third-order valence-electron chi connectivity index (χ3n) is 5.15. The molecular weight excluding hydrogens is 386 g/mol. The van der Waals surface area contributed by atoms with Gasteiger partial charge in [-0.3, -0.25) is 9.59 Å². The molecule has 5 nitrogen and oxygen atoms in total. The van der Waals surface area contributed by atoms with Gasteiger partial charge in [0.25, 0.3) is 5.91 Å². The molecule has 0 aliphatic carbocycles. The van der Waals surface area contributed by atoms with Crippen LogP contribution in [0.2, 0.25) is 5.02 Å². The van der Waals surface area contributed by atoms with Crippen molar-refractivity contribution in [3.8, 4) is 11.4 Å². The van der Waals surface area contributed by atoms with Gasteiger partial charge in [-0.1, -0.05) is 54.1 Å². The first-order valence-corrected chi connectivity index (χ1v) is 9.66. The monoisotopic (exact) mass is 401 g/mol. The first-order chi connectivity index (χ1) is 14.1. The summed E-state index contributed by atoms with van der Waals surface area (Å²) in [5.41, 5.74) is 3.04. The van der Waals surface area contributed by atoms with Crippen LogP contribution in [0.25, 0.3) is 22.4 Å². The molecule has 0 spiro atoms. The molecule has 2 amide bonds. The third kappa shape index (κ3) is 2.91. The number of halogens is 1. The maximum atomic E-state index is 13.4. The van der Waals surface area contributed by atoms with Crippen molar-refractivity contribution in [3.63, 3.8) is 0 Å². The number of hydrogen-bond acceptors (Lipinski definition) is 3. The molecule has 0 bridgehead atoms. The lowest BCUT2D eigenvalue weighted by Crippen LogP contribution is -2.31. The van der Waals surface area contributed by atoms with Crippen LogP contribution in [-0.4, -0.2) is 21.4 Å². The Labute approximate surface area is 172 Å². The SMILES string of the molecule is O=C1CC(n2c(-c3ccccc3)nc3ccccc32)C(=O)N1c1ccc(Cl)cc1. The van der Waals surface area contributed by atoms with Crippen molar-refractivity contribution in [2.45, 2.75) is 12.5 Å². The molecule has 4 aromatic rings. The van der Waals surface area contributed by atoms with E-state index in [1.54, 1.807) is 24.3 Å². The molecule has 3 aromatic carbocycles. The summed E-state index contributed by atoms with van der Waals surface area (Å²) in [7, 11) is 0. The summed E-state index contributed by atoms with van der Waals surface area (Å²) in [6.45, 7) is 0. The number of hydrogen-bond donors (Lipinski definition) is 0. The number of carbonyl (C=O) groups is 2. The van der Waals surface area contributed by atoms with Crippen molar-refractivity contribution in [1.29, 1.82) is 0 Å². The number of anilines is 1. The van der Waals surface area contributed by atoms with Gasteiger partial charge in [-0.25, -0.2) is 9.88 Å². The van der Waals surface area contributed by atoms with Gasteiger partial charge in [0.1, 0.15) is 11.9 Å². The number of para-hydroxylation sites is 2. The molecule has 2 heterocycles. The highest BCUT2D eigenvalue weighted by atomic mass is 35.5. The van der Waals surface area contributed by atoms with E-state index in [1.165, 1.54) is 4.90 Å². The highest BCUT2D eigenvalue weighted by molar-refractivity contribution is 6.30. The highest BCUT2D eigenvalue weighted by Gasteiger charge is 2.42. The molecule has 1 aromatic heterocycles. The van der Waals surface area contributed by atoms with E-state index in [0.717, 1.165) is 16.6 Å². The van der Waals surface area contributed by atoms with E-state index in [1.807, 2.05) is 59.2 Å². The first kappa shape index (κ1) is 17.6. The number of imidazole rings is 1. The Kier molecular flexibility index (Phi) is 4.18. The molecule has 1 unspecified atom stereocenters. The number of carbonyl (C=O) groups excluding carboxylic acids is 2. The minimum atomic E-state index is -0.652. The third-order valence-corrected chi connectivity index (χ3v) is 5.40. The van der Waals surface area contributed by atoms with Crippen LogP contribution < -0.4 is 4.90 Å². The number of imide groups is 1. The molecule has 1 aliphatic rings. The van der Waals surface area contributed by atoms with Crippen LogP contribution in [0.1, 0.15) is 12.5 Å². The second-order valence-corrected chi connectivity index (χ2v) is 7.36. The van der Waals surface area contributed by atoms with Crippen molar-refractivity contribution in [2.75, 3.05) is 4.90 Å². The molecule has 1 aliphatic heterocycles. The number of fused-ring (bicyclic) bond motifs is 1. The molecule has 5 rings (SSSR count). The lowest BCUT2D eigenvalue weighted by Gasteiger charge is -2.17. The lowest BCUT2D eigenvalue weighted by molar-refractivity contribution is -0.122. The molecule has 142 valence electrons. The van der Waals surface area contributed by atoms with Crippen LogP contribution in [-0.2, 0) is 9.59 Å². The van der Waals surface area contributed by atoms with Crippen LogP contribution in [0.15, 0.2) is 78.9 Å². The van der Waals surface area contributed by atoms with E-state index in [0.29, 0.717) is 16.5 Å². The van der Waals surface area contributed by atoms with E-state index in [4.69, 9.17) is 16.6 Å². The van der Waals surface area contributed by atoms with Crippen LogP contribution in [0.3, 0.4) is 0 Å². The molecule has 6 heteroatoms. The number of aromatic nitrogens is 2. The Morgan fingerprint density at radius 3 is 2.31 bits per heavy atom. The summed E-state index contributed by atoms with van der Waals surface area (Å²) in [5.74, 6) is 0.174. The summed E-state index contributed by atoms with van der Waals surface area (Å²) >= 11 is 5.95. The Hall–Kier alpha value is -3.44. The minimum absolute atomic E-state index is 0.0850. The lowest BCUT2D eigenvalue weighted by atomic mass is 10.1. The zero-order valence-electron chi connectivity index (χ0n) is 15.3. The number of rotatable bonds is 3. The summed E-state index contributed by atoms with van der Waals surface area (Å²) in [4.78, 5) is 32.1. The fourth-order valence-corrected chi connectivity index (χ4v) is 3.96. The minimum Gasteiger partial charge on any atom is -0.311 e. The summed E-state index contributed by atoms with van der Waals surface area (Å²) in [6.07, 6.45) is 0.0850. The van der Waals surface area contributed by atoms with Crippen LogP contribution in [0.4, 0.5) is 5.69 Å². The van der Waals surface area contributed by atoms with Crippen molar-refractivity contribution in [1.82, 2.24) is 9.55 Å². The summed E-state index contributed by atoms with van der Waals surface area (Å²) in [5, 5.41) is 0.552. The number of amides is 2. The molecule has 1 atom stereocenters. The smallest absolute Gasteiger partial charge is 0.257 e. The van der Waals surface area contributed by atoms with Gasteiger partial charge in [-0.05, 0) is 36.4 Å². The largest absolute Gasteiger partial charge is 0.311 e. The van der Waals surface area contributed by atoms with E-state index >= 15 is 0 Å². The fraction of sp³-hybridized carbons (Fsp3) is 0.0870. The topological polar surface area (TPSA) is 55.2 Å². The second-order valence-electron chi connectivity index (χ2n) is 6.92. The van der Waals surface area contributed by atoms with Gasteiger partial charge in [-0.2, -0.15) is 0 Å². The van der Waals surface area contributed by atoms with Gasteiger partial charge in [0.2, 0.25) is 5.91 Å². The maximum Gasteiger partial charge on any atom is 0.257 e. The highest BCUT2D eigenvalue weighted by Crippen LogP contribution is 2.36. The summed E-state index contributed by atoms with van der Waals surface area (Å²) in [6, 6.07) is 23.4. The standard InChI is InChI=1S/C23H16ClN3O2/c24-16-10-12-17(13-11-16)26-21(28)14-20(23(26)29)27-19-9-5-4-8-18(19)25-22(27)15-6-2-1-3-7-15/h1-13,20H,14H2. The predicted octanol–water partition coefficient (Wildman–Crippen LogP) is 4.86. The molecule has 0 N–H and O–H groups in total. The Bertz CT molecular complexity index is 1230. The maximum absolute atomic E-state index is 13.4. The Morgan fingerprint density at radius 2 is 1.55 bits per heavy atom. The molecule has 0 saturated carbocycles. The normalized spacial score (nSPS) is 16.7. The van der Waals surface area contributed by atoms with Crippen molar-refractivity contribution < 1.29 is 9.59 Å². The fourth-order valence-electron chi connectivity index (χ4n) is 3.83. The molecule has 29 heavy (non-hydrogen) atoms. The van der Waals surface area contributed by atoms with E-state index < -0.39 is 6.04 Å². The van der Waals surface area contributed by atoms with Crippen LogP contribution >= 0.6 is 11.6 Å². The zero-order valence-corrected chi connectivity index (χ0v) is 16.1. The Morgan fingerprint density at radius 1 is 0.862 bits per heavy atom. The van der Waals surface area contributed by atoms with Crippen LogP contribution in [0.5, 0.6) is 0 Å². The van der Waals surface area contributed by atoms with Crippen molar-refractivity contribution in [3.05, 3.63) is 83.9 Å². The van der Waals surface area contributed by atoms with Gasteiger partial charge in [-0.15, -0.1) is 0 Å².